The second-order valence-electron chi connectivity index (χ2n) is 7.90. The molecule has 30 heavy (non-hydrogen) atoms. The summed E-state index contributed by atoms with van der Waals surface area (Å²) in [6.45, 7) is 0.216. The van der Waals surface area contributed by atoms with Crippen molar-refractivity contribution in [3.8, 4) is 0 Å². The number of halogens is 1. The standard InChI is InChI=1S/C24H24FNO4/c25-18-11-9-17(10-12-18)22(27)15-30-24(29)20-7-3-2-6-19(20)23(28)26-14-13-16-5-1-4-8-21(16)26/h1,4-5,8-12,19-20H,2-3,6-7,13-15H2. The minimum absolute atomic E-state index is 0.0357. The molecule has 1 saturated carbocycles. The van der Waals surface area contributed by atoms with E-state index < -0.39 is 36.0 Å². The molecule has 4 rings (SSSR count). The van der Waals surface area contributed by atoms with Crippen LogP contribution in [0.1, 0.15) is 41.6 Å². The first kappa shape index (κ1) is 20.3. The van der Waals surface area contributed by atoms with E-state index in [2.05, 4.69) is 0 Å². The van der Waals surface area contributed by atoms with Gasteiger partial charge >= 0.3 is 5.97 Å². The molecule has 1 fully saturated rings. The van der Waals surface area contributed by atoms with Gasteiger partial charge in [-0.2, -0.15) is 0 Å². The molecular weight excluding hydrogens is 385 g/mol. The topological polar surface area (TPSA) is 63.7 Å². The number of para-hydroxylation sites is 1. The van der Waals surface area contributed by atoms with Crippen LogP contribution in [-0.2, 0) is 20.7 Å². The summed E-state index contributed by atoms with van der Waals surface area (Å²) >= 11 is 0. The molecule has 2 aromatic rings. The summed E-state index contributed by atoms with van der Waals surface area (Å²) < 4.78 is 18.3. The summed E-state index contributed by atoms with van der Waals surface area (Å²) in [5.74, 6) is -2.34. The monoisotopic (exact) mass is 409 g/mol. The molecule has 0 N–H and O–H groups in total. The molecule has 0 aromatic heterocycles. The van der Waals surface area contributed by atoms with Crippen molar-refractivity contribution in [2.45, 2.75) is 32.1 Å². The maximum absolute atomic E-state index is 13.3. The number of hydrogen-bond donors (Lipinski definition) is 0. The van der Waals surface area contributed by atoms with Gasteiger partial charge in [-0.15, -0.1) is 0 Å². The fourth-order valence-electron chi connectivity index (χ4n) is 4.44. The fraction of sp³-hybridized carbons (Fsp3) is 0.375. The van der Waals surface area contributed by atoms with E-state index in [0.717, 1.165) is 30.5 Å². The van der Waals surface area contributed by atoms with Crippen molar-refractivity contribution in [1.82, 2.24) is 0 Å². The molecule has 156 valence electrons. The second kappa shape index (κ2) is 8.78. The molecule has 0 saturated heterocycles. The number of Topliss-reactive ketones (excluding diaryl/α,β-unsaturated/α-hetero) is 1. The minimum atomic E-state index is -0.542. The van der Waals surface area contributed by atoms with E-state index >= 15 is 0 Å². The quantitative estimate of drug-likeness (QED) is 0.554. The van der Waals surface area contributed by atoms with Crippen LogP contribution in [0.2, 0.25) is 0 Å². The van der Waals surface area contributed by atoms with Crippen molar-refractivity contribution in [2.75, 3.05) is 18.1 Å². The van der Waals surface area contributed by atoms with Gasteiger partial charge in [0.1, 0.15) is 5.82 Å². The van der Waals surface area contributed by atoms with E-state index in [4.69, 9.17) is 4.74 Å². The number of esters is 1. The van der Waals surface area contributed by atoms with Crippen molar-refractivity contribution in [3.63, 3.8) is 0 Å². The van der Waals surface area contributed by atoms with Gasteiger partial charge in [-0.1, -0.05) is 31.0 Å². The maximum Gasteiger partial charge on any atom is 0.310 e. The lowest BCUT2D eigenvalue weighted by Gasteiger charge is -2.32. The molecule has 2 aliphatic rings. The van der Waals surface area contributed by atoms with Crippen LogP contribution in [0.15, 0.2) is 48.5 Å². The first-order valence-corrected chi connectivity index (χ1v) is 10.4. The van der Waals surface area contributed by atoms with E-state index in [-0.39, 0.29) is 11.5 Å². The van der Waals surface area contributed by atoms with Gasteiger partial charge < -0.3 is 9.64 Å². The molecule has 5 nitrogen and oxygen atoms in total. The molecule has 1 amide bonds. The number of benzene rings is 2. The number of ether oxygens (including phenoxy) is 1. The van der Waals surface area contributed by atoms with Crippen LogP contribution < -0.4 is 4.90 Å². The van der Waals surface area contributed by atoms with Crippen LogP contribution in [0, 0.1) is 17.7 Å². The molecule has 2 atom stereocenters. The van der Waals surface area contributed by atoms with Crippen molar-refractivity contribution >= 4 is 23.3 Å². The van der Waals surface area contributed by atoms with E-state index in [1.807, 2.05) is 24.3 Å². The zero-order chi connectivity index (χ0) is 21.1. The Hall–Kier alpha value is -3.02. The van der Waals surface area contributed by atoms with Crippen molar-refractivity contribution in [3.05, 3.63) is 65.5 Å². The van der Waals surface area contributed by atoms with Crippen LogP contribution in [0.25, 0.3) is 0 Å². The zero-order valence-corrected chi connectivity index (χ0v) is 16.7. The highest BCUT2D eigenvalue weighted by Gasteiger charge is 2.40. The summed E-state index contributed by atoms with van der Waals surface area (Å²) in [7, 11) is 0. The molecule has 2 aromatic carbocycles. The molecular formula is C24H24FNO4. The normalized spacial score (nSPS) is 20.5. The van der Waals surface area contributed by atoms with Gasteiger partial charge in [0.05, 0.1) is 11.8 Å². The minimum Gasteiger partial charge on any atom is -0.457 e. The first-order chi connectivity index (χ1) is 14.5. The fourth-order valence-corrected chi connectivity index (χ4v) is 4.44. The average molecular weight is 409 g/mol. The van der Waals surface area contributed by atoms with Gasteiger partial charge in [-0.05, 0) is 55.2 Å². The predicted molar refractivity (Wildman–Crippen MR) is 110 cm³/mol. The highest BCUT2D eigenvalue weighted by molar-refractivity contribution is 6.00. The summed E-state index contributed by atoms with van der Waals surface area (Å²) in [5.41, 5.74) is 2.35. The Morgan fingerprint density at radius 2 is 1.67 bits per heavy atom. The number of hydrogen-bond acceptors (Lipinski definition) is 4. The van der Waals surface area contributed by atoms with Gasteiger partial charge in [0.15, 0.2) is 12.4 Å². The number of rotatable bonds is 5. The summed E-state index contributed by atoms with van der Waals surface area (Å²) in [4.78, 5) is 40.1. The molecule has 0 bridgehead atoms. The van der Waals surface area contributed by atoms with E-state index in [1.165, 1.54) is 24.3 Å². The van der Waals surface area contributed by atoms with E-state index in [1.54, 1.807) is 4.90 Å². The summed E-state index contributed by atoms with van der Waals surface area (Å²) in [6, 6.07) is 13.0. The van der Waals surface area contributed by atoms with Crippen LogP contribution in [0.3, 0.4) is 0 Å². The lowest BCUT2D eigenvalue weighted by molar-refractivity contribution is -0.153. The number of nitrogens with zero attached hydrogens (tertiary/aromatic N) is 1. The lowest BCUT2D eigenvalue weighted by Crippen LogP contribution is -2.42. The Balaban J connectivity index is 1.42. The van der Waals surface area contributed by atoms with Crippen LogP contribution >= 0.6 is 0 Å². The number of ketones is 1. The third-order valence-corrected chi connectivity index (χ3v) is 6.05. The van der Waals surface area contributed by atoms with Gasteiger partial charge in [-0.3, -0.25) is 14.4 Å². The zero-order valence-electron chi connectivity index (χ0n) is 16.7. The van der Waals surface area contributed by atoms with Gasteiger partial charge in [-0.25, -0.2) is 4.39 Å². The molecule has 2 unspecified atom stereocenters. The van der Waals surface area contributed by atoms with Gasteiger partial charge in [0, 0.05) is 17.8 Å². The third kappa shape index (κ3) is 4.13. The van der Waals surface area contributed by atoms with E-state index in [0.29, 0.717) is 19.4 Å². The lowest BCUT2D eigenvalue weighted by atomic mass is 9.78. The number of anilines is 1. The summed E-state index contributed by atoms with van der Waals surface area (Å²) in [6.07, 6.45) is 3.78. The van der Waals surface area contributed by atoms with Crippen molar-refractivity contribution in [1.29, 1.82) is 0 Å². The SMILES string of the molecule is O=C(COC(=O)C1CCCCC1C(=O)N1CCc2ccccc21)c1ccc(F)cc1. The Bertz CT molecular complexity index is 956. The molecule has 6 heteroatoms. The highest BCUT2D eigenvalue weighted by atomic mass is 19.1. The largest absolute Gasteiger partial charge is 0.457 e. The van der Waals surface area contributed by atoms with Crippen LogP contribution in [0.5, 0.6) is 0 Å². The average Bonchev–Trinajstić information content (AvgIpc) is 3.21. The van der Waals surface area contributed by atoms with E-state index in [9.17, 15) is 18.8 Å². The maximum atomic E-state index is 13.3. The Labute approximate surface area is 174 Å². The van der Waals surface area contributed by atoms with Crippen LogP contribution in [0.4, 0.5) is 10.1 Å². The second-order valence-corrected chi connectivity index (χ2v) is 7.90. The van der Waals surface area contributed by atoms with Crippen molar-refractivity contribution < 1.29 is 23.5 Å². The number of fused-ring (bicyclic) bond motifs is 1. The number of carbonyl (C=O) groups is 3. The molecule has 1 aliphatic heterocycles. The Morgan fingerprint density at radius 3 is 2.43 bits per heavy atom. The third-order valence-electron chi connectivity index (χ3n) is 6.05. The summed E-state index contributed by atoms with van der Waals surface area (Å²) in [5, 5.41) is 0. The van der Waals surface area contributed by atoms with Gasteiger partial charge in [0.25, 0.3) is 0 Å². The molecule has 0 spiro atoms. The number of carbonyl (C=O) groups excluding carboxylic acids is 3. The number of amides is 1. The smallest absolute Gasteiger partial charge is 0.310 e. The Morgan fingerprint density at radius 1 is 0.967 bits per heavy atom. The molecule has 0 radical (unpaired) electrons. The van der Waals surface area contributed by atoms with Gasteiger partial charge in [0.2, 0.25) is 5.91 Å². The van der Waals surface area contributed by atoms with Crippen LogP contribution in [-0.4, -0.2) is 30.8 Å². The molecule has 1 aliphatic carbocycles. The predicted octanol–water partition coefficient (Wildman–Crippen LogP) is 3.95. The first-order valence-electron chi connectivity index (χ1n) is 10.4. The Kier molecular flexibility index (Phi) is 5.93. The molecule has 1 heterocycles. The highest BCUT2D eigenvalue weighted by Crippen LogP contribution is 2.36. The van der Waals surface area contributed by atoms with Crippen molar-refractivity contribution in [2.24, 2.45) is 11.8 Å².